The molecule has 3 aromatic rings. The fraction of sp³-hybridized carbons (Fsp3) is 0.452. The molecule has 0 radical (unpaired) electrons. The van der Waals surface area contributed by atoms with Crippen LogP contribution in [0.25, 0.3) is 11.3 Å². The van der Waals surface area contributed by atoms with Crippen molar-refractivity contribution in [3.63, 3.8) is 0 Å². The lowest BCUT2D eigenvalue weighted by Crippen LogP contribution is -2.73. The Labute approximate surface area is 252 Å². The Hall–Kier alpha value is -3.41. The van der Waals surface area contributed by atoms with E-state index in [1.54, 1.807) is 19.9 Å². The van der Waals surface area contributed by atoms with Crippen molar-refractivity contribution in [2.75, 3.05) is 13.1 Å². The predicted molar refractivity (Wildman–Crippen MR) is 154 cm³/mol. The first-order chi connectivity index (χ1) is 20.1. The van der Waals surface area contributed by atoms with Gasteiger partial charge in [0.05, 0.1) is 28.7 Å². The number of aromatic nitrogens is 1. The third-order valence-electron chi connectivity index (χ3n) is 8.41. The van der Waals surface area contributed by atoms with Crippen LogP contribution in [-0.2, 0) is 10.3 Å². The van der Waals surface area contributed by atoms with Gasteiger partial charge >= 0.3 is 0 Å². The lowest BCUT2D eigenvalue weighted by Gasteiger charge is -2.54. The zero-order valence-electron chi connectivity index (χ0n) is 24.1. The smallest absolute Gasteiger partial charge is 0.274 e. The second kappa shape index (κ2) is 11.6. The fourth-order valence-electron chi connectivity index (χ4n) is 6.00. The first-order valence-corrected chi connectivity index (χ1v) is 14.5. The molecule has 2 aromatic carbocycles. The molecule has 1 aliphatic heterocycles. The summed E-state index contributed by atoms with van der Waals surface area (Å²) in [5, 5.41) is 20.2. The first kappa shape index (κ1) is 31.0. The van der Waals surface area contributed by atoms with Gasteiger partial charge in [-0.15, -0.1) is 0 Å². The van der Waals surface area contributed by atoms with E-state index < -0.39 is 40.0 Å². The van der Waals surface area contributed by atoms with Crippen LogP contribution in [0.15, 0.2) is 47.0 Å². The van der Waals surface area contributed by atoms with E-state index in [9.17, 15) is 27.9 Å². The molecule has 2 amide bonds. The Morgan fingerprint density at radius 2 is 1.79 bits per heavy atom. The van der Waals surface area contributed by atoms with Gasteiger partial charge in [0.15, 0.2) is 11.5 Å². The van der Waals surface area contributed by atoms with E-state index in [-0.39, 0.29) is 40.4 Å². The molecule has 43 heavy (non-hydrogen) atoms. The Kier molecular flexibility index (Phi) is 8.36. The topological polar surface area (TPSA) is 108 Å². The maximum atomic E-state index is 14.3. The number of carbonyl (C=O) groups excluding carboxylic acids is 2. The number of aliphatic hydroxyl groups is 1. The third kappa shape index (κ3) is 7.05. The van der Waals surface area contributed by atoms with Crippen LogP contribution in [0.4, 0.5) is 13.2 Å². The Bertz CT molecular complexity index is 1510. The number of nitrogens with zero attached hydrogens (tertiary/aromatic N) is 2. The summed E-state index contributed by atoms with van der Waals surface area (Å²) in [5.41, 5.74) is -2.32. The molecule has 1 aliphatic carbocycles. The van der Waals surface area contributed by atoms with Gasteiger partial charge in [-0.05, 0) is 82.3 Å². The van der Waals surface area contributed by atoms with Crippen molar-refractivity contribution in [3.8, 4) is 11.3 Å². The molecule has 2 heterocycles. The Morgan fingerprint density at radius 3 is 2.44 bits per heavy atom. The fourth-order valence-corrected chi connectivity index (χ4v) is 6.23. The second-order valence-corrected chi connectivity index (χ2v) is 13.0. The van der Waals surface area contributed by atoms with Crippen LogP contribution >= 0.6 is 11.6 Å². The molecule has 2 aliphatic rings. The summed E-state index contributed by atoms with van der Waals surface area (Å²) in [6.45, 7) is 6.04. The van der Waals surface area contributed by atoms with Gasteiger partial charge in [-0.3, -0.25) is 14.5 Å². The Balaban J connectivity index is 1.32. The molecule has 5 rings (SSSR count). The monoisotopic (exact) mass is 618 g/mol. The van der Waals surface area contributed by atoms with Gasteiger partial charge < -0.3 is 20.3 Å². The number of benzene rings is 2. The van der Waals surface area contributed by atoms with Gasteiger partial charge in [-0.25, -0.2) is 13.2 Å². The SMILES string of the molecule is CC1(O)CCC(N2CC(CC(=O)NC(C)(C)c3cc(F)cc(Cl)c3)(NC(=O)c3cc(-c4ccc(F)cc4F)on3)C2)CC1. The maximum absolute atomic E-state index is 14.3. The molecule has 2 fully saturated rings. The summed E-state index contributed by atoms with van der Waals surface area (Å²) in [6, 6.07) is 8.49. The number of carbonyl (C=O) groups is 2. The minimum Gasteiger partial charge on any atom is -0.390 e. The number of likely N-dealkylation sites (tertiary alicyclic amines) is 1. The molecule has 1 saturated heterocycles. The van der Waals surface area contributed by atoms with E-state index in [0.29, 0.717) is 37.6 Å². The van der Waals surface area contributed by atoms with Crippen molar-refractivity contribution >= 4 is 23.4 Å². The summed E-state index contributed by atoms with van der Waals surface area (Å²) in [5.74, 6) is -3.17. The van der Waals surface area contributed by atoms with Gasteiger partial charge in [0, 0.05) is 36.3 Å². The normalized spacial score (nSPS) is 22.1. The molecule has 1 saturated carbocycles. The number of hydrogen-bond acceptors (Lipinski definition) is 6. The van der Waals surface area contributed by atoms with Gasteiger partial charge in [0.2, 0.25) is 5.91 Å². The second-order valence-electron chi connectivity index (χ2n) is 12.6. The van der Waals surface area contributed by atoms with Crippen LogP contribution < -0.4 is 10.6 Å². The van der Waals surface area contributed by atoms with Gasteiger partial charge in [-0.2, -0.15) is 0 Å². The first-order valence-electron chi connectivity index (χ1n) is 14.1. The summed E-state index contributed by atoms with van der Waals surface area (Å²) in [7, 11) is 0. The van der Waals surface area contributed by atoms with Crippen LogP contribution in [0, 0.1) is 17.5 Å². The van der Waals surface area contributed by atoms with Crippen molar-refractivity contribution in [1.29, 1.82) is 0 Å². The van der Waals surface area contributed by atoms with Crippen LogP contribution in [-0.4, -0.2) is 57.2 Å². The van der Waals surface area contributed by atoms with Crippen molar-refractivity contribution in [2.45, 2.75) is 75.6 Å². The maximum Gasteiger partial charge on any atom is 0.274 e. The minimum absolute atomic E-state index is 0.0468. The zero-order chi connectivity index (χ0) is 31.2. The third-order valence-corrected chi connectivity index (χ3v) is 8.63. The van der Waals surface area contributed by atoms with Gasteiger partial charge in [0.1, 0.15) is 17.5 Å². The molecule has 0 bridgehead atoms. The van der Waals surface area contributed by atoms with Crippen molar-refractivity contribution < 1.29 is 32.4 Å². The molecule has 0 atom stereocenters. The van der Waals surface area contributed by atoms with Crippen LogP contribution in [0.2, 0.25) is 5.02 Å². The minimum atomic E-state index is -0.966. The largest absolute Gasteiger partial charge is 0.390 e. The molecule has 0 unspecified atom stereocenters. The van der Waals surface area contributed by atoms with E-state index in [2.05, 4.69) is 20.7 Å². The summed E-state index contributed by atoms with van der Waals surface area (Å²) < 4.78 is 46.8. The highest BCUT2D eigenvalue weighted by Gasteiger charge is 2.49. The zero-order valence-corrected chi connectivity index (χ0v) is 24.9. The quantitative estimate of drug-likeness (QED) is 0.315. The molecule has 0 spiro atoms. The van der Waals surface area contributed by atoms with E-state index >= 15 is 0 Å². The van der Waals surface area contributed by atoms with Crippen LogP contribution in [0.5, 0.6) is 0 Å². The summed E-state index contributed by atoms with van der Waals surface area (Å²) >= 11 is 6.04. The lowest BCUT2D eigenvalue weighted by molar-refractivity contribution is -0.127. The van der Waals surface area contributed by atoms with E-state index in [0.717, 1.165) is 18.9 Å². The molecule has 3 N–H and O–H groups in total. The van der Waals surface area contributed by atoms with E-state index in [4.69, 9.17) is 16.1 Å². The van der Waals surface area contributed by atoms with E-state index in [1.165, 1.54) is 24.3 Å². The molecule has 230 valence electrons. The number of amides is 2. The predicted octanol–water partition coefficient (Wildman–Crippen LogP) is 5.33. The van der Waals surface area contributed by atoms with E-state index in [1.807, 2.05) is 6.92 Å². The van der Waals surface area contributed by atoms with Gasteiger partial charge in [0.25, 0.3) is 5.91 Å². The van der Waals surface area contributed by atoms with Crippen LogP contribution in [0.3, 0.4) is 0 Å². The number of rotatable bonds is 8. The van der Waals surface area contributed by atoms with Crippen molar-refractivity contribution in [1.82, 2.24) is 20.7 Å². The molecule has 12 heteroatoms. The average molecular weight is 619 g/mol. The van der Waals surface area contributed by atoms with Crippen molar-refractivity contribution in [3.05, 3.63) is 76.2 Å². The molecule has 8 nitrogen and oxygen atoms in total. The summed E-state index contributed by atoms with van der Waals surface area (Å²) in [4.78, 5) is 28.9. The highest BCUT2D eigenvalue weighted by molar-refractivity contribution is 6.30. The lowest BCUT2D eigenvalue weighted by atomic mass is 9.78. The van der Waals surface area contributed by atoms with Crippen LogP contribution in [0.1, 0.15) is 68.9 Å². The molecular formula is C31H34ClF3N4O4. The highest BCUT2D eigenvalue weighted by Crippen LogP contribution is 2.37. The number of halogens is 4. The highest BCUT2D eigenvalue weighted by atomic mass is 35.5. The molecule has 1 aromatic heterocycles. The van der Waals surface area contributed by atoms with Crippen molar-refractivity contribution in [2.24, 2.45) is 0 Å². The standard InChI is InChI=1S/C31H34ClF3N4O4/c1-29(2,18-10-19(32)12-21(34)11-18)36-27(40)15-31(16-39(17-31)22-6-8-30(3,42)9-7-22)37-28(41)25-14-26(43-38-25)23-5-4-20(33)13-24(23)35/h4-5,10-14,22,42H,6-9,15-17H2,1-3H3,(H,36,40)(H,37,41). The Morgan fingerprint density at radius 1 is 1.09 bits per heavy atom. The summed E-state index contributed by atoms with van der Waals surface area (Å²) in [6.07, 6.45) is 2.79. The molecular weight excluding hydrogens is 585 g/mol. The van der Waals surface area contributed by atoms with Gasteiger partial charge in [-0.1, -0.05) is 16.8 Å². The number of nitrogens with one attached hydrogen (secondary N) is 2. The number of hydrogen-bond donors (Lipinski definition) is 3. The average Bonchev–Trinajstić information content (AvgIpc) is 3.36.